The van der Waals surface area contributed by atoms with Crippen molar-refractivity contribution in [3.05, 3.63) is 0 Å². The summed E-state index contributed by atoms with van der Waals surface area (Å²) in [7, 11) is 1.90. The summed E-state index contributed by atoms with van der Waals surface area (Å²) in [5, 5.41) is 3.76. The number of rotatable bonds is 12. The Morgan fingerprint density at radius 1 is 1.16 bits per heavy atom. The van der Waals surface area contributed by atoms with Gasteiger partial charge in [0.05, 0.1) is 6.10 Å². The van der Waals surface area contributed by atoms with Crippen molar-refractivity contribution < 1.29 is 4.74 Å². The maximum Gasteiger partial charge on any atom is 0.0752 e. The molecule has 3 atom stereocenters. The fourth-order valence-corrected chi connectivity index (χ4v) is 3.11. The Morgan fingerprint density at radius 3 is 2.37 bits per heavy atom. The molecule has 0 spiro atoms. The van der Waals surface area contributed by atoms with E-state index in [2.05, 4.69) is 26.1 Å². The van der Waals surface area contributed by atoms with Gasteiger partial charge in [-0.25, -0.2) is 0 Å². The molecule has 114 valence electrons. The van der Waals surface area contributed by atoms with Gasteiger partial charge in [-0.2, -0.15) is 0 Å². The first-order valence-electron chi connectivity index (χ1n) is 8.52. The molecule has 1 aliphatic carbocycles. The molecule has 0 aliphatic heterocycles. The summed E-state index contributed by atoms with van der Waals surface area (Å²) in [4.78, 5) is 0. The number of methoxy groups -OCH3 is 1. The molecule has 1 N–H and O–H groups in total. The van der Waals surface area contributed by atoms with E-state index in [9.17, 15) is 0 Å². The summed E-state index contributed by atoms with van der Waals surface area (Å²) < 4.78 is 5.82. The lowest BCUT2D eigenvalue weighted by Gasteiger charge is -2.30. The van der Waals surface area contributed by atoms with Crippen LogP contribution in [0, 0.1) is 11.8 Å². The molecule has 0 aromatic carbocycles. The van der Waals surface area contributed by atoms with E-state index in [0.29, 0.717) is 12.1 Å². The lowest BCUT2D eigenvalue weighted by Crippen LogP contribution is -2.43. The number of hydrogen-bond donors (Lipinski definition) is 1. The highest BCUT2D eigenvalue weighted by Crippen LogP contribution is 2.37. The molecule has 3 unspecified atom stereocenters. The molecule has 0 aromatic heterocycles. The lowest BCUT2D eigenvalue weighted by atomic mass is 9.88. The smallest absolute Gasteiger partial charge is 0.0752 e. The van der Waals surface area contributed by atoms with Crippen molar-refractivity contribution in [1.29, 1.82) is 0 Å². The zero-order valence-corrected chi connectivity index (χ0v) is 13.6. The van der Waals surface area contributed by atoms with Crippen LogP contribution in [0.15, 0.2) is 0 Å². The second-order valence-corrected chi connectivity index (χ2v) is 6.25. The first-order valence-corrected chi connectivity index (χ1v) is 8.52. The molecule has 0 saturated heterocycles. The summed E-state index contributed by atoms with van der Waals surface area (Å²) in [5.41, 5.74) is 0. The fourth-order valence-electron chi connectivity index (χ4n) is 3.11. The van der Waals surface area contributed by atoms with Gasteiger partial charge in [0.15, 0.2) is 0 Å². The summed E-state index contributed by atoms with van der Waals surface area (Å²) >= 11 is 0. The number of unbranched alkanes of at least 4 members (excludes halogenated alkanes) is 1. The van der Waals surface area contributed by atoms with E-state index in [4.69, 9.17) is 4.74 Å². The SMILES string of the molecule is CCCCC(CC)CC(NCCC)C(OC)C1CC1. The Kier molecular flexibility index (Phi) is 8.72. The largest absolute Gasteiger partial charge is 0.380 e. The predicted octanol–water partition coefficient (Wildman–Crippen LogP) is 4.39. The third kappa shape index (κ3) is 6.27. The van der Waals surface area contributed by atoms with E-state index in [1.54, 1.807) is 0 Å². The van der Waals surface area contributed by atoms with Gasteiger partial charge < -0.3 is 10.1 Å². The Balaban J connectivity index is 2.50. The van der Waals surface area contributed by atoms with E-state index in [1.807, 2.05) is 7.11 Å². The maximum absolute atomic E-state index is 5.82. The average Bonchev–Trinajstić information content (AvgIpc) is 3.25. The molecule has 1 saturated carbocycles. The molecular formula is C17H35NO. The maximum atomic E-state index is 5.82. The quantitative estimate of drug-likeness (QED) is 0.567. The molecule has 0 amide bonds. The molecule has 1 rings (SSSR count). The first kappa shape index (κ1) is 17.0. The molecule has 2 nitrogen and oxygen atoms in total. The van der Waals surface area contributed by atoms with Crippen molar-refractivity contribution in [1.82, 2.24) is 5.32 Å². The van der Waals surface area contributed by atoms with Crippen LogP contribution in [0.5, 0.6) is 0 Å². The van der Waals surface area contributed by atoms with Crippen LogP contribution >= 0.6 is 0 Å². The predicted molar refractivity (Wildman–Crippen MR) is 83.5 cm³/mol. The third-order valence-corrected chi connectivity index (χ3v) is 4.54. The van der Waals surface area contributed by atoms with E-state index in [-0.39, 0.29) is 0 Å². The van der Waals surface area contributed by atoms with Crippen molar-refractivity contribution in [3.63, 3.8) is 0 Å². The lowest BCUT2D eigenvalue weighted by molar-refractivity contribution is 0.0421. The Labute approximate surface area is 120 Å². The van der Waals surface area contributed by atoms with Crippen LogP contribution in [0.2, 0.25) is 0 Å². The topological polar surface area (TPSA) is 21.3 Å². The van der Waals surface area contributed by atoms with Crippen LogP contribution in [0.1, 0.15) is 72.1 Å². The second kappa shape index (κ2) is 9.77. The van der Waals surface area contributed by atoms with Gasteiger partial charge in [0.25, 0.3) is 0 Å². The van der Waals surface area contributed by atoms with Crippen molar-refractivity contribution in [3.8, 4) is 0 Å². The number of nitrogens with one attached hydrogen (secondary N) is 1. The summed E-state index contributed by atoms with van der Waals surface area (Å²) in [6, 6.07) is 0.569. The van der Waals surface area contributed by atoms with Gasteiger partial charge >= 0.3 is 0 Å². The van der Waals surface area contributed by atoms with Gasteiger partial charge in [0, 0.05) is 13.2 Å². The summed E-state index contributed by atoms with van der Waals surface area (Å²) in [6.07, 6.45) is 11.1. The highest BCUT2D eigenvalue weighted by atomic mass is 16.5. The minimum absolute atomic E-state index is 0.447. The van der Waals surface area contributed by atoms with Crippen LogP contribution in [0.3, 0.4) is 0 Å². The monoisotopic (exact) mass is 269 g/mol. The normalized spacial score (nSPS) is 20.2. The standard InChI is InChI=1S/C17H35NO/c1-5-8-9-14(7-3)13-16(18-12-6-2)17(19-4)15-10-11-15/h14-18H,5-13H2,1-4H3. The molecule has 0 radical (unpaired) electrons. The summed E-state index contributed by atoms with van der Waals surface area (Å²) in [5.74, 6) is 1.69. The minimum Gasteiger partial charge on any atom is -0.380 e. The molecule has 19 heavy (non-hydrogen) atoms. The molecule has 1 aliphatic rings. The molecular weight excluding hydrogens is 234 g/mol. The third-order valence-electron chi connectivity index (χ3n) is 4.54. The van der Waals surface area contributed by atoms with Crippen LogP contribution in [-0.2, 0) is 4.74 Å². The molecule has 0 aromatic rings. The van der Waals surface area contributed by atoms with Gasteiger partial charge in [-0.3, -0.25) is 0 Å². The van der Waals surface area contributed by atoms with E-state index in [0.717, 1.165) is 18.4 Å². The highest BCUT2D eigenvalue weighted by molar-refractivity contribution is 4.91. The molecule has 1 fully saturated rings. The Morgan fingerprint density at radius 2 is 1.89 bits per heavy atom. The highest BCUT2D eigenvalue weighted by Gasteiger charge is 2.37. The van der Waals surface area contributed by atoms with Crippen molar-refractivity contribution in [2.75, 3.05) is 13.7 Å². The minimum atomic E-state index is 0.447. The fraction of sp³-hybridized carbons (Fsp3) is 1.00. The van der Waals surface area contributed by atoms with Crippen LogP contribution in [0.4, 0.5) is 0 Å². The van der Waals surface area contributed by atoms with Crippen LogP contribution in [-0.4, -0.2) is 25.8 Å². The van der Waals surface area contributed by atoms with Crippen molar-refractivity contribution >= 4 is 0 Å². The van der Waals surface area contributed by atoms with E-state index >= 15 is 0 Å². The Hall–Kier alpha value is -0.0800. The average molecular weight is 269 g/mol. The van der Waals surface area contributed by atoms with Gasteiger partial charge in [-0.1, -0.05) is 46.5 Å². The van der Waals surface area contributed by atoms with Gasteiger partial charge in [0.1, 0.15) is 0 Å². The molecule has 2 heteroatoms. The van der Waals surface area contributed by atoms with Gasteiger partial charge in [-0.15, -0.1) is 0 Å². The van der Waals surface area contributed by atoms with Crippen LogP contribution in [0.25, 0.3) is 0 Å². The van der Waals surface area contributed by atoms with Crippen molar-refractivity contribution in [2.45, 2.75) is 84.3 Å². The number of hydrogen-bond acceptors (Lipinski definition) is 2. The second-order valence-electron chi connectivity index (χ2n) is 6.25. The first-order chi connectivity index (χ1) is 9.26. The molecule has 0 heterocycles. The number of ether oxygens (including phenoxy) is 1. The van der Waals surface area contributed by atoms with E-state index < -0.39 is 0 Å². The van der Waals surface area contributed by atoms with E-state index in [1.165, 1.54) is 51.4 Å². The van der Waals surface area contributed by atoms with Crippen LogP contribution < -0.4 is 5.32 Å². The molecule has 0 bridgehead atoms. The van der Waals surface area contributed by atoms with Gasteiger partial charge in [-0.05, 0) is 44.1 Å². The van der Waals surface area contributed by atoms with Crippen molar-refractivity contribution in [2.24, 2.45) is 11.8 Å². The summed E-state index contributed by atoms with van der Waals surface area (Å²) in [6.45, 7) is 8.01. The zero-order valence-electron chi connectivity index (χ0n) is 13.6. The Bertz CT molecular complexity index is 215. The zero-order chi connectivity index (χ0) is 14.1. The van der Waals surface area contributed by atoms with Gasteiger partial charge in [0.2, 0.25) is 0 Å².